The molecule has 3 heterocycles. The molecule has 4 N–H and O–H groups in total. The van der Waals surface area contributed by atoms with E-state index in [1.807, 2.05) is 11.8 Å². The molecule has 11 heteroatoms. The summed E-state index contributed by atoms with van der Waals surface area (Å²) < 4.78 is 42.1. The largest absolute Gasteiger partial charge is 0.377 e. The summed E-state index contributed by atoms with van der Waals surface area (Å²) in [4.78, 5) is 23.2. The van der Waals surface area contributed by atoms with E-state index in [2.05, 4.69) is 15.6 Å². The van der Waals surface area contributed by atoms with E-state index >= 15 is 4.39 Å². The molecule has 2 atom stereocenters. The number of ether oxygens (including phenoxy) is 1. The van der Waals surface area contributed by atoms with Crippen molar-refractivity contribution in [3.8, 4) is 11.4 Å². The average Bonchev–Trinajstić information content (AvgIpc) is 3.55. The topological polar surface area (TPSA) is 120 Å². The van der Waals surface area contributed by atoms with Gasteiger partial charge in [0.15, 0.2) is 5.82 Å². The molecule has 2 aromatic rings. The van der Waals surface area contributed by atoms with Crippen molar-refractivity contribution in [3.63, 3.8) is 0 Å². The second-order valence-corrected chi connectivity index (χ2v) is 11.4. The number of halogens is 1. The predicted molar refractivity (Wildman–Crippen MR) is 125 cm³/mol. The zero-order chi connectivity index (χ0) is 23.4. The molecular weight excluding hydrogens is 449 g/mol. The van der Waals surface area contributed by atoms with Gasteiger partial charge in [0.1, 0.15) is 11.5 Å². The van der Waals surface area contributed by atoms with Crippen molar-refractivity contribution >= 4 is 28.1 Å². The fourth-order valence-electron chi connectivity index (χ4n) is 4.16. The van der Waals surface area contributed by atoms with Crippen molar-refractivity contribution in [2.24, 2.45) is 0 Å². The van der Waals surface area contributed by atoms with Crippen LogP contribution in [0, 0.1) is 0 Å². The molecule has 33 heavy (non-hydrogen) atoms. The lowest BCUT2D eigenvalue weighted by atomic mass is 10.1. The Hall–Kier alpha value is -2.47. The van der Waals surface area contributed by atoms with Crippen molar-refractivity contribution in [1.29, 1.82) is 0 Å². The number of fused-ring (bicyclic) bond motifs is 1. The van der Waals surface area contributed by atoms with Gasteiger partial charge in [-0.2, -0.15) is 10.6 Å². The summed E-state index contributed by atoms with van der Waals surface area (Å²) in [6.07, 6.45) is 2.01. The highest BCUT2D eigenvalue weighted by molar-refractivity contribution is 8.24. The number of carbonyl (C=O) groups is 1. The van der Waals surface area contributed by atoms with Crippen molar-refractivity contribution in [2.45, 2.75) is 49.5 Å². The summed E-state index contributed by atoms with van der Waals surface area (Å²) in [6, 6.07) is 6.98. The molecule has 0 radical (unpaired) electrons. The molecule has 1 unspecified atom stereocenters. The maximum absolute atomic E-state index is 15.6. The van der Waals surface area contributed by atoms with Gasteiger partial charge >= 0.3 is 6.03 Å². The molecule has 5 rings (SSSR count). The average molecular weight is 478 g/mol. The number of amides is 2. The maximum Gasteiger partial charge on any atom is 0.319 e. The van der Waals surface area contributed by atoms with Crippen LogP contribution in [0.1, 0.15) is 37.9 Å². The second-order valence-electron chi connectivity index (χ2n) is 8.99. The van der Waals surface area contributed by atoms with Crippen LogP contribution in [0.5, 0.6) is 0 Å². The minimum Gasteiger partial charge on any atom is -0.377 e. The van der Waals surface area contributed by atoms with Gasteiger partial charge in [0.2, 0.25) is 5.00 Å². The number of nitrogens with one attached hydrogen (secondary N) is 2. The number of hydrogen-bond donors (Lipinski definition) is 4. The van der Waals surface area contributed by atoms with Crippen LogP contribution < -0.4 is 15.5 Å². The molecule has 1 aromatic carbocycles. The lowest BCUT2D eigenvalue weighted by Gasteiger charge is -2.36. The molecule has 2 amide bonds. The van der Waals surface area contributed by atoms with Gasteiger partial charge < -0.3 is 20.3 Å². The van der Waals surface area contributed by atoms with Crippen molar-refractivity contribution < 1.29 is 23.0 Å². The molecule has 178 valence electrons. The van der Waals surface area contributed by atoms with Gasteiger partial charge in [-0.05, 0) is 51.0 Å². The van der Waals surface area contributed by atoms with Crippen LogP contribution in [0.25, 0.3) is 11.4 Å². The Morgan fingerprint density at radius 2 is 2.00 bits per heavy atom. The number of alkyl halides is 1. The molecule has 1 aliphatic carbocycles. The van der Waals surface area contributed by atoms with E-state index in [0.29, 0.717) is 42.4 Å². The molecule has 2 aliphatic heterocycles. The summed E-state index contributed by atoms with van der Waals surface area (Å²) in [6.45, 7) is 4.72. The lowest BCUT2D eigenvalue weighted by molar-refractivity contribution is 0.0984. The van der Waals surface area contributed by atoms with Gasteiger partial charge in [0.05, 0.1) is 25.0 Å². The van der Waals surface area contributed by atoms with Crippen molar-refractivity contribution in [1.82, 2.24) is 15.3 Å². The summed E-state index contributed by atoms with van der Waals surface area (Å²) in [5.74, 6) is 0.587. The molecule has 1 saturated carbocycles. The van der Waals surface area contributed by atoms with E-state index in [1.54, 1.807) is 24.3 Å². The summed E-state index contributed by atoms with van der Waals surface area (Å²) in [5, 5.41) is 3.29. The van der Waals surface area contributed by atoms with Crippen molar-refractivity contribution in [2.75, 3.05) is 30.0 Å². The first kappa shape index (κ1) is 22.3. The van der Waals surface area contributed by atoms with Gasteiger partial charge in [0, 0.05) is 29.4 Å². The summed E-state index contributed by atoms with van der Waals surface area (Å²) in [5.41, 5.74) is 1.71. The van der Waals surface area contributed by atoms with Crippen LogP contribution in [-0.2, 0) is 15.5 Å². The second kappa shape index (κ2) is 8.08. The van der Waals surface area contributed by atoms with Gasteiger partial charge in [-0.3, -0.25) is 9.11 Å². The minimum atomic E-state index is -3.57. The first-order valence-electron chi connectivity index (χ1n) is 11.0. The number of rotatable bonds is 4. The van der Waals surface area contributed by atoms with E-state index in [4.69, 9.17) is 9.72 Å². The Labute approximate surface area is 193 Å². The van der Waals surface area contributed by atoms with Gasteiger partial charge in [-0.1, -0.05) is 0 Å². The third-order valence-electron chi connectivity index (χ3n) is 6.32. The molecule has 1 saturated heterocycles. The first-order chi connectivity index (χ1) is 15.7. The van der Waals surface area contributed by atoms with E-state index in [-0.39, 0.29) is 35.4 Å². The zero-order valence-electron chi connectivity index (χ0n) is 18.5. The molecular formula is C22H28FN5O4S. The molecule has 0 spiro atoms. The van der Waals surface area contributed by atoms with Gasteiger partial charge in [-0.25, -0.2) is 19.2 Å². The maximum atomic E-state index is 15.6. The third kappa shape index (κ3) is 4.14. The normalized spacial score (nSPS) is 27.1. The van der Waals surface area contributed by atoms with Gasteiger partial charge in [0.25, 0.3) is 0 Å². The van der Waals surface area contributed by atoms with Gasteiger partial charge in [-0.15, -0.1) is 0 Å². The highest BCUT2D eigenvalue weighted by Gasteiger charge is 2.52. The van der Waals surface area contributed by atoms with E-state index in [9.17, 15) is 13.9 Å². The predicted octanol–water partition coefficient (Wildman–Crippen LogP) is 4.06. The fourth-order valence-corrected chi connectivity index (χ4v) is 5.58. The fraction of sp³-hybridized carbons (Fsp3) is 0.500. The first-order valence-corrected chi connectivity index (χ1v) is 12.8. The van der Waals surface area contributed by atoms with Crippen LogP contribution in [-0.4, -0.2) is 56.9 Å². The Balaban J connectivity index is 1.50. The number of hydrogen-bond acceptors (Lipinski definition) is 7. The van der Waals surface area contributed by atoms with Crippen molar-refractivity contribution in [3.05, 3.63) is 35.5 Å². The SMILES string of the molecule is C[C@H]1COCCN1c1nc(-c2ccc(NC(=O)NC3CC3)cc2)nc2c1CS(O)(O)C2(C)F. The number of aromatic nitrogens is 2. The summed E-state index contributed by atoms with van der Waals surface area (Å²) in [7, 11) is -3.57. The standard InChI is InChI=1S/C22H28FN5O4S/c1-13-11-32-10-9-28(13)20-17-12-33(30,31)22(2,23)18(17)26-19(27-20)14-3-5-15(6-4-14)24-21(29)25-16-7-8-16/h3-6,13,16,30-31H,7-12H2,1-2H3,(H2,24,25,29)/t13-,22?/m0/s1. The Bertz CT molecular complexity index is 1080. The molecule has 1 aromatic heterocycles. The Morgan fingerprint density at radius 1 is 1.27 bits per heavy atom. The molecule has 2 fully saturated rings. The van der Waals surface area contributed by atoms with E-state index in [0.717, 1.165) is 12.8 Å². The quantitative estimate of drug-likeness (QED) is 0.524. The monoisotopic (exact) mass is 477 g/mol. The number of anilines is 2. The lowest BCUT2D eigenvalue weighted by Crippen LogP contribution is -2.44. The highest BCUT2D eigenvalue weighted by Crippen LogP contribution is 2.67. The Morgan fingerprint density at radius 3 is 2.67 bits per heavy atom. The van der Waals surface area contributed by atoms with Crippen LogP contribution in [0.2, 0.25) is 0 Å². The van der Waals surface area contributed by atoms with Crippen LogP contribution in [0.15, 0.2) is 24.3 Å². The Kier molecular flexibility index (Phi) is 5.47. The third-order valence-corrected chi connectivity index (χ3v) is 8.43. The van der Waals surface area contributed by atoms with Crippen LogP contribution >= 0.6 is 10.6 Å². The number of carbonyl (C=O) groups excluding carboxylic acids is 1. The number of nitrogens with zero attached hydrogens (tertiary/aromatic N) is 3. The number of morpholine rings is 1. The molecule has 0 bridgehead atoms. The van der Waals surface area contributed by atoms with Crippen LogP contribution in [0.4, 0.5) is 20.7 Å². The molecule has 3 aliphatic rings. The zero-order valence-corrected chi connectivity index (χ0v) is 19.4. The number of benzene rings is 1. The minimum absolute atomic E-state index is 0.00425. The summed E-state index contributed by atoms with van der Waals surface area (Å²) >= 11 is 0. The van der Waals surface area contributed by atoms with E-state index < -0.39 is 15.6 Å². The highest BCUT2D eigenvalue weighted by atomic mass is 32.3. The molecule has 9 nitrogen and oxygen atoms in total. The van der Waals surface area contributed by atoms with E-state index in [1.165, 1.54) is 6.92 Å². The van der Waals surface area contributed by atoms with Crippen LogP contribution in [0.3, 0.4) is 0 Å². The number of urea groups is 1. The smallest absolute Gasteiger partial charge is 0.319 e.